The van der Waals surface area contributed by atoms with Gasteiger partial charge >= 0.3 is 12.1 Å². The molecule has 0 unspecified atom stereocenters. The van der Waals surface area contributed by atoms with Crippen LogP contribution in [0, 0.1) is 12.7 Å². The summed E-state index contributed by atoms with van der Waals surface area (Å²) in [5.41, 5.74) is -2.21. The number of aromatic nitrogens is 2. The number of amides is 1. The maximum Gasteiger partial charge on any atom is 0.417 e. The topological polar surface area (TPSA) is 99.5 Å². The van der Waals surface area contributed by atoms with Crippen LogP contribution in [-0.2, 0) is 22.4 Å². The van der Waals surface area contributed by atoms with Crippen molar-refractivity contribution in [1.29, 1.82) is 0 Å². The Kier molecular flexibility index (Phi) is 7.44. The van der Waals surface area contributed by atoms with Gasteiger partial charge in [-0.15, -0.1) is 0 Å². The van der Waals surface area contributed by atoms with Gasteiger partial charge in [-0.3, -0.25) is 14.4 Å². The Bertz CT molecular complexity index is 1360. The molecule has 0 spiro atoms. The lowest BCUT2D eigenvalue weighted by atomic mass is 10.1. The number of aryl methyl sites for hydroxylation is 1. The third-order valence-electron chi connectivity index (χ3n) is 4.49. The van der Waals surface area contributed by atoms with Gasteiger partial charge in [0.05, 0.1) is 28.0 Å². The van der Waals surface area contributed by atoms with E-state index in [0.717, 1.165) is 42.1 Å². The molecule has 13 heteroatoms. The van der Waals surface area contributed by atoms with Gasteiger partial charge < -0.3 is 14.8 Å². The second kappa shape index (κ2) is 10.1. The fraction of sp³-hybridized carbons (Fsp3) is 0.182. The fourth-order valence-electron chi connectivity index (χ4n) is 2.83. The maximum atomic E-state index is 13.4. The smallest absolute Gasteiger partial charge is 0.417 e. The molecule has 0 aliphatic rings. The molecule has 0 fully saturated rings. The van der Waals surface area contributed by atoms with E-state index in [4.69, 9.17) is 16.3 Å². The second-order valence-corrected chi connectivity index (χ2v) is 7.55. The van der Waals surface area contributed by atoms with E-state index >= 15 is 0 Å². The number of hydrogen-bond donors (Lipinski definition) is 1. The molecule has 0 saturated heterocycles. The molecule has 1 amide bonds. The van der Waals surface area contributed by atoms with Crippen LogP contribution in [0.25, 0.3) is 0 Å². The van der Waals surface area contributed by atoms with Crippen molar-refractivity contribution >= 4 is 29.2 Å². The van der Waals surface area contributed by atoms with E-state index in [1.807, 2.05) is 0 Å². The van der Waals surface area contributed by atoms with Gasteiger partial charge in [0.15, 0.2) is 6.73 Å². The number of hydrogen-bond acceptors (Lipinski definition) is 6. The summed E-state index contributed by atoms with van der Waals surface area (Å²) in [6, 6.07) is 5.62. The van der Waals surface area contributed by atoms with Gasteiger partial charge in [-0.2, -0.15) is 23.0 Å². The Morgan fingerprint density at radius 2 is 1.86 bits per heavy atom. The second-order valence-electron chi connectivity index (χ2n) is 7.14. The largest absolute Gasteiger partial charge is 0.456 e. The normalized spacial score (nSPS) is 11.2. The number of ether oxygens (including phenoxy) is 2. The quantitative estimate of drug-likeness (QED) is 0.371. The third-order valence-corrected chi connectivity index (χ3v) is 4.81. The molecule has 0 atom stereocenters. The van der Waals surface area contributed by atoms with E-state index < -0.39 is 58.1 Å². The Hall–Kier alpha value is -3.93. The lowest BCUT2D eigenvalue weighted by Crippen LogP contribution is -2.25. The molecular weight excluding hydrogens is 498 g/mol. The third kappa shape index (κ3) is 6.35. The summed E-state index contributed by atoms with van der Waals surface area (Å²) in [6.45, 7) is 2.16. The van der Waals surface area contributed by atoms with Crippen molar-refractivity contribution < 1.29 is 36.6 Å². The number of anilines is 1. The molecule has 1 N–H and O–H groups in total. The number of nitrogens with zero attached hydrogens (tertiary/aromatic N) is 2. The minimum Gasteiger partial charge on any atom is -0.456 e. The van der Waals surface area contributed by atoms with Crippen molar-refractivity contribution in [1.82, 2.24) is 9.78 Å². The number of nitrogens with one attached hydrogen (secondary N) is 1. The summed E-state index contributed by atoms with van der Waals surface area (Å²) < 4.78 is 64.6. The molecule has 0 aliphatic carbocycles. The predicted molar refractivity (Wildman–Crippen MR) is 116 cm³/mol. The van der Waals surface area contributed by atoms with Crippen molar-refractivity contribution in [2.24, 2.45) is 0 Å². The maximum absolute atomic E-state index is 13.4. The Labute approximate surface area is 200 Å². The van der Waals surface area contributed by atoms with Crippen LogP contribution in [0.15, 0.2) is 47.4 Å². The number of halogens is 5. The fourth-order valence-corrected chi connectivity index (χ4v) is 3.10. The zero-order valence-electron chi connectivity index (χ0n) is 18.1. The molecular formula is C22H16ClF4N3O5. The molecule has 35 heavy (non-hydrogen) atoms. The molecule has 184 valence electrons. The molecule has 1 aromatic heterocycles. The summed E-state index contributed by atoms with van der Waals surface area (Å²) in [7, 11) is 0. The molecule has 0 saturated carbocycles. The van der Waals surface area contributed by atoms with Gasteiger partial charge in [-0.25, -0.2) is 4.39 Å². The average Bonchev–Trinajstić information content (AvgIpc) is 2.75. The van der Waals surface area contributed by atoms with Gasteiger partial charge in [-0.1, -0.05) is 11.6 Å². The first kappa shape index (κ1) is 25.7. The summed E-state index contributed by atoms with van der Waals surface area (Å²) in [5.74, 6) is -2.69. The summed E-state index contributed by atoms with van der Waals surface area (Å²) >= 11 is 5.78. The molecule has 0 aliphatic heterocycles. The molecule has 0 bridgehead atoms. The van der Waals surface area contributed by atoms with Crippen molar-refractivity contribution in [2.75, 3.05) is 5.32 Å². The molecule has 3 aromatic rings. The van der Waals surface area contributed by atoms with E-state index in [9.17, 15) is 31.9 Å². The van der Waals surface area contributed by atoms with Gasteiger partial charge in [-0.05, 0) is 42.8 Å². The van der Waals surface area contributed by atoms with E-state index in [1.165, 1.54) is 13.0 Å². The Morgan fingerprint density at radius 1 is 1.14 bits per heavy atom. The number of carbonyl (C=O) groups excluding carboxylic acids is 2. The zero-order chi connectivity index (χ0) is 25.9. The van der Waals surface area contributed by atoms with Gasteiger partial charge in [0.25, 0.3) is 11.5 Å². The van der Waals surface area contributed by atoms with Crippen molar-refractivity contribution in [2.45, 2.75) is 26.8 Å². The van der Waals surface area contributed by atoms with Crippen LogP contribution >= 0.6 is 11.6 Å². The number of alkyl halides is 3. The van der Waals surface area contributed by atoms with Crippen molar-refractivity contribution in [3.05, 3.63) is 80.5 Å². The Morgan fingerprint density at radius 3 is 2.46 bits per heavy atom. The molecule has 0 radical (unpaired) electrons. The zero-order valence-corrected chi connectivity index (χ0v) is 18.8. The van der Waals surface area contributed by atoms with Crippen LogP contribution < -0.4 is 15.6 Å². The number of carbonyl (C=O) groups is 2. The van der Waals surface area contributed by atoms with Crippen LogP contribution in [0.3, 0.4) is 0 Å². The van der Waals surface area contributed by atoms with E-state index in [0.29, 0.717) is 6.07 Å². The van der Waals surface area contributed by atoms with Crippen molar-refractivity contribution in [3.63, 3.8) is 0 Å². The lowest BCUT2D eigenvalue weighted by molar-refractivity contribution is -0.145. The minimum absolute atomic E-state index is 0.00522. The first-order valence-corrected chi connectivity index (χ1v) is 10.1. The number of rotatable bonds is 6. The number of benzene rings is 2. The number of esters is 1. The highest BCUT2D eigenvalue weighted by molar-refractivity contribution is 6.32. The molecule has 1 heterocycles. The van der Waals surface area contributed by atoms with Crippen LogP contribution in [0.1, 0.15) is 28.4 Å². The van der Waals surface area contributed by atoms with Gasteiger partial charge in [0.2, 0.25) is 0 Å². The molecule has 3 rings (SSSR count). The van der Waals surface area contributed by atoms with Crippen LogP contribution in [-0.4, -0.2) is 21.7 Å². The Balaban J connectivity index is 1.97. The summed E-state index contributed by atoms with van der Waals surface area (Å²) in [4.78, 5) is 35.9. The molecule has 2 aromatic carbocycles. The summed E-state index contributed by atoms with van der Waals surface area (Å²) in [6.07, 6.45) is -3.78. The SMILES string of the molecule is CC(=O)OCn1ncc(NC(=O)c2cc(Cl)c(C(F)(F)F)cc2Oc2ccc(F)cc2C)cc1=O. The summed E-state index contributed by atoms with van der Waals surface area (Å²) in [5, 5.41) is 5.30. The van der Waals surface area contributed by atoms with Crippen molar-refractivity contribution in [3.8, 4) is 11.5 Å². The van der Waals surface area contributed by atoms with Gasteiger partial charge in [0.1, 0.15) is 17.3 Å². The first-order valence-electron chi connectivity index (χ1n) is 9.72. The lowest BCUT2D eigenvalue weighted by Gasteiger charge is -2.17. The van der Waals surface area contributed by atoms with Crippen LogP contribution in [0.5, 0.6) is 11.5 Å². The van der Waals surface area contributed by atoms with E-state index in [-0.39, 0.29) is 17.0 Å². The van der Waals surface area contributed by atoms with Crippen LogP contribution in [0.2, 0.25) is 5.02 Å². The van der Waals surface area contributed by atoms with Crippen LogP contribution in [0.4, 0.5) is 23.2 Å². The van der Waals surface area contributed by atoms with Gasteiger partial charge in [0, 0.05) is 13.0 Å². The standard InChI is InChI=1S/C22H16ClF4N3O5/c1-11-5-13(24)3-4-18(11)35-19-8-16(22(25,26)27)17(23)7-15(19)21(33)29-14-6-20(32)30(28-9-14)10-34-12(2)31/h3-9H,10H2,1-2H3,(H,29,33). The minimum atomic E-state index is -4.85. The van der Waals surface area contributed by atoms with E-state index in [2.05, 4.69) is 15.2 Å². The monoisotopic (exact) mass is 513 g/mol. The first-order chi connectivity index (χ1) is 16.3. The highest BCUT2D eigenvalue weighted by Crippen LogP contribution is 2.40. The highest BCUT2D eigenvalue weighted by atomic mass is 35.5. The average molecular weight is 514 g/mol. The predicted octanol–water partition coefficient (Wildman–Crippen LogP) is 4.93. The molecule has 8 nitrogen and oxygen atoms in total. The highest BCUT2D eigenvalue weighted by Gasteiger charge is 2.35. The van der Waals surface area contributed by atoms with E-state index in [1.54, 1.807) is 0 Å².